The van der Waals surface area contributed by atoms with E-state index in [0.717, 1.165) is 23.1 Å². The molecule has 1 aromatic heterocycles. The molecule has 2 aliphatic rings. The Morgan fingerprint density at radius 2 is 1.62 bits per heavy atom. The Morgan fingerprint density at radius 3 is 2.38 bits per heavy atom. The summed E-state index contributed by atoms with van der Waals surface area (Å²) < 4.78 is 42.5. The van der Waals surface area contributed by atoms with E-state index in [9.17, 15) is 13.2 Å². The summed E-state index contributed by atoms with van der Waals surface area (Å²) in [5.74, 6) is -0.419. The van der Waals surface area contributed by atoms with Gasteiger partial charge in [0.1, 0.15) is 0 Å². The molecule has 2 aliphatic carbocycles. The number of hydrogen-bond acceptors (Lipinski definition) is 1. The quantitative estimate of drug-likeness (QED) is 0.425. The number of nitrogens with zero attached hydrogens (tertiary/aromatic N) is 1. The van der Waals surface area contributed by atoms with E-state index in [2.05, 4.69) is 0 Å². The molecule has 0 spiro atoms. The fourth-order valence-electron chi connectivity index (χ4n) is 4.52. The van der Waals surface area contributed by atoms with E-state index in [1.165, 1.54) is 0 Å². The first kappa shape index (κ1) is 15.6. The highest BCUT2D eigenvalue weighted by atomic mass is 19.4. The maximum absolute atomic E-state index is 14.2. The van der Waals surface area contributed by atoms with Crippen LogP contribution in [0.1, 0.15) is 45.8 Å². The van der Waals surface area contributed by atoms with Gasteiger partial charge in [-0.15, -0.1) is 0 Å². The molecule has 3 aromatic rings. The second kappa shape index (κ2) is 5.44. The fraction of sp³-hybridized carbons (Fsp3) is 0.227. The second-order valence-corrected chi connectivity index (χ2v) is 6.96. The zero-order valence-corrected chi connectivity index (χ0v) is 14.0. The Morgan fingerprint density at radius 1 is 0.885 bits per heavy atom. The Kier molecular flexibility index (Phi) is 3.27. The molecule has 1 atom stereocenters. The first-order valence-electron chi connectivity index (χ1n) is 8.83. The Balaban J connectivity index is 1.89. The Labute approximate surface area is 149 Å². The molecule has 1 heterocycles. The molecule has 0 saturated heterocycles. The van der Waals surface area contributed by atoms with E-state index in [1.54, 1.807) is 0 Å². The summed E-state index contributed by atoms with van der Waals surface area (Å²) in [5, 5.41) is 0. The van der Waals surface area contributed by atoms with Crippen LogP contribution in [0.4, 0.5) is 13.2 Å². The number of alkyl halides is 3. The zero-order valence-electron chi connectivity index (χ0n) is 14.0. The average Bonchev–Trinajstić information content (AvgIpc) is 3.21. The van der Waals surface area contributed by atoms with E-state index >= 15 is 0 Å². The summed E-state index contributed by atoms with van der Waals surface area (Å²) in [5.41, 5.74) is 4.06. The van der Waals surface area contributed by atoms with Crippen molar-refractivity contribution in [3.05, 3.63) is 88.1 Å². The SMILES string of the molecule is FC(F)(F)c1c2c(nc3c1C(c1ccccc1)c1ccccc1-3)CCC2. The van der Waals surface area contributed by atoms with Crippen LogP contribution in [0.25, 0.3) is 11.3 Å². The summed E-state index contributed by atoms with van der Waals surface area (Å²) in [6.45, 7) is 0. The van der Waals surface area contributed by atoms with Crippen LogP contribution in [-0.4, -0.2) is 4.98 Å². The highest BCUT2D eigenvalue weighted by Crippen LogP contribution is 2.53. The van der Waals surface area contributed by atoms with Crippen molar-refractivity contribution in [3.63, 3.8) is 0 Å². The fourth-order valence-corrected chi connectivity index (χ4v) is 4.52. The van der Waals surface area contributed by atoms with Gasteiger partial charge in [-0.3, -0.25) is 4.98 Å². The van der Waals surface area contributed by atoms with Crippen molar-refractivity contribution in [2.24, 2.45) is 0 Å². The Bertz CT molecular complexity index is 1010. The molecule has 0 bridgehead atoms. The average molecular weight is 351 g/mol. The van der Waals surface area contributed by atoms with E-state index in [0.29, 0.717) is 35.4 Å². The van der Waals surface area contributed by atoms with Crippen molar-refractivity contribution in [2.45, 2.75) is 31.4 Å². The lowest BCUT2D eigenvalue weighted by Gasteiger charge is -2.21. The highest BCUT2D eigenvalue weighted by molar-refractivity contribution is 5.80. The third kappa shape index (κ3) is 2.14. The summed E-state index contributed by atoms with van der Waals surface area (Å²) in [6, 6.07) is 17.0. The maximum atomic E-state index is 14.2. The first-order valence-corrected chi connectivity index (χ1v) is 8.83. The van der Waals surface area contributed by atoms with Gasteiger partial charge < -0.3 is 0 Å². The summed E-state index contributed by atoms with van der Waals surface area (Å²) in [6.07, 6.45) is -2.55. The number of rotatable bonds is 1. The van der Waals surface area contributed by atoms with Gasteiger partial charge in [-0.2, -0.15) is 13.2 Å². The molecule has 0 aliphatic heterocycles. The standard InChI is InChI=1S/C22H16F3N/c23-22(24,25)20-16-11-6-12-17(16)26-21-15-10-5-4-9-14(15)18(19(20)21)13-7-2-1-3-8-13/h1-5,7-10,18H,6,11-12H2. The van der Waals surface area contributed by atoms with Crippen LogP contribution in [0.15, 0.2) is 54.6 Å². The van der Waals surface area contributed by atoms with E-state index in [1.807, 2.05) is 54.6 Å². The molecule has 0 radical (unpaired) electrons. The number of pyridine rings is 1. The number of benzene rings is 2. The van der Waals surface area contributed by atoms with Crippen LogP contribution in [0, 0.1) is 0 Å². The molecule has 4 heteroatoms. The smallest absolute Gasteiger partial charge is 0.252 e. The lowest BCUT2D eigenvalue weighted by molar-refractivity contribution is -0.138. The van der Waals surface area contributed by atoms with Gasteiger partial charge in [-0.25, -0.2) is 0 Å². The van der Waals surface area contributed by atoms with Gasteiger partial charge in [0.2, 0.25) is 0 Å². The normalized spacial score (nSPS) is 17.7. The van der Waals surface area contributed by atoms with E-state index < -0.39 is 17.7 Å². The molecule has 26 heavy (non-hydrogen) atoms. The number of fused-ring (bicyclic) bond motifs is 4. The lowest BCUT2D eigenvalue weighted by Crippen LogP contribution is -2.16. The van der Waals surface area contributed by atoms with Crippen LogP contribution < -0.4 is 0 Å². The van der Waals surface area contributed by atoms with Gasteiger partial charge in [-0.1, -0.05) is 54.6 Å². The molecule has 0 fully saturated rings. The predicted octanol–water partition coefficient (Wildman–Crippen LogP) is 5.75. The molecule has 1 unspecified atom stereocenters. The molecule has 1 nitrogen and oxygen atoms in total. The number of aromatic nitrogens is 1. The summed E-state index contributed by atoms with van der Waals surface area (Å²) in [7, 11) is 0. The number of halogens is 3. The largest absolute Gasteiger partial charge is 0.417 e. The molecule has 5 rings (SSSR count). The minimum absolute atomic E-state index is 0.338. The topological polar surface area (TPSA) is 12.9 Å². The van der Waals surface area contributed by atoms with Crippen LogP contribution in [0.5, 0.6) is 0 Å². The Hall–Kier alpha value is -2.62. The van der Waals surface area contributed by atoms with Crippen LogP contribution >= 0.6 is 0 Å². The van der Waals surface area contributed by atoms with Crippen molar-refractivity contribution in [3.8, 4) is 11.3 Å². The van der Waals surface area contributed by atoms with E-state index in [4.69, 9.17) is 4.98 Å². The highest BCUT2D eigenvalue weighted by Gasteiger charge is 2.45. The summed E-state index contributed by atoms with van der Waals surface area (Å²) >= 11 is 0. The molecule has 130 valence electrons. The van der Waals surface area contributed by atoms with Gasteiger partial charge in [-0.05, 0) is 36.0 Å². The van der Waals surface area contributed by atoms with Crippen molar-refractivity contribution in [1.29, 1.82) is 0 Å². The lowest BCUT2D eigenvalue weighted by atomic mass is 9.85. The molecular weight excluding hydrogens is 335 g/mol. The van der Waals surface area contributed by atoms with E-state index in [-0.39, 0.29) is 0 Å². The maximum Gasteiger partial charge on any atom is 0.417 e. The number of aryl methyl sites for hydroxylation is 1. The third-order valence-corrected chi connectivity index (χ3v) is 5.49. The monoisotopic (exact) mass is 351 g/mol. The summed E-state index contributed by atoms with van der Waals surface area (Å²) in [4.78, 5) is 4.73. The van der Waals surface area contributed by atoms with Crippen molar-refractivity contribution in [1.82, 2.24) is 4.98 Å². The van der Waals surface area contributed by atoms with Gasteiger partial charge in [0, 0.05) is 22.7 Å². The van der Waals surface area contributed by atoms with Crippen molar-refractivity contribution < 1.29 is 13.2 Å². The van der Waals surface area contributed by atoms with Gasteiger partial charge >= 0.3 is 6.18 Å². The molecule has 0 saturated carbocycles. The third-order valence-electron chi connectivity index (χ3n) is 5.49. The molecule has 0 N–H and O–H groups in total. The molecular formula is C22H16F3N. The zero-order chi connectivity index (χ0) is 17.9. The van der Waals surface area contributed by atoms with Crippen molar-refractivity contribution in [2.75, 3.05) is 0 Å². The minimum Gasteiger partial charge on any atom is -0.252 e. The van der Waals surface area contributed by atoms with Gasteiger partial charge in [0.05, 0.1) is 11.3 Å². The predicted molar refractivity (Wildman–Crippen MR) is 94.1 cm³/mol. The van der Waals surface area contributed by atoms with Gasteiger partial charge in [0.15, 0.2) is 0 Å². The molecule has 0 amide bonds. The first-order chi connectivity index (χ1) is 12.6. The number of hydrogen-bond donors (Lipinski definition) is 0. The van der Waals surface area contributed by atoms with Crippen LogP contribution in [0.2, 0.25) is 0 Å². The van der Waals surface area contributed by atoms with Crippen molar-refractivity contribution >= 4 is 0 Å². The molecule has 2 aromatic carbocycles. The second-order valence-electron chi connectivity index (χ2n) is 6.96. The van der Waals surface area contributed by atoms with Crippen LogP contribution in [0.3, 0.4) is 0 Å². The van der Waals surface area contributed by atoms with Crippen LogP contribution in [-0.2, 0) is 19.0 Å². The minimum atomic E-state index is -4.38. The van der Waals surface area contributed by atoms with Gasteiger partial charge in [0.25, 0.3) is 0 Å².